The minimum atomic E-state index is -3.95. The quantitative estimate of drug-likeness (QED) is 0.00685. The summed E-state index contributed by atoms with van der Waals surface area (Å²) in [6.45, 7) is 22.8. The molecule has 0 bridgehead atoms. The summed E-state index contributed by atoms with van der Waals surface area (Å²) in [5.41, 5.74) is 25.3. The van der Waals surface area contributed by atoms with Crippen LogP contribution < -0.4 is 55.1 Å². The number of hydrogen-bond donors (Lipinski definition) is 6. The summed E-state index contributed by atoms with van der Waals surface area (Å²) in [6.07, 6.45) is 23.4. The van der Waals surface area contributed by atoms with E-state index in [4.69, 9.17) is 26.6 Å². The third-order valence-corrected chi connectivity index (χ3v) is 28.1. The number of rotatable bonds is 39. The molecule has 0 fully saturated rings. The fourth-order valence-electron chi connectivity index (χ4n) is 15.8. The molecule has 0 saturated carbocycles. The van der Waals surface area contributed by atoms with Gasteiger partial charge in [-0.05, 0) is 232 Å². The van der Waals surface area contributed by atoms with E-state index in [1.54, 1.807) is 42.5 Å². The van der Waals surface area contributed by atoms with Gasteiger partial charge >= 0.3 is 10.0 Å². The predicted molar refractivity (Wildman–Crippen MR) is 577 cm³/mol. The number of allylic oxidation sites excluding steroid dienone is 6. The highest BCUT2D eigenvalue weighted by Crippen LogP contribution is 2.46. The molecule has 0 aromatic heterocycles. The van der Waals surface area contributed by atoms with Crippen molar-refractivity contribution in [3.63, 3.8) is 0 Å². The fourth-order valence-corrected chi connectivity index (χ4v) is 19.6. The minimum absolute atomic E-state index is 0.0977. The van der Waals surface area contributed by atoms with Crippen LogP contribution in [0.4, 0.5) is 79.6 Å². The Morgan fingerprint density at radius 1 is 0.364 bits per heavy atom. The molecule has 0 amide bonds. The van der Waals surface area contributed by atoms with Crippen LogP contribution in [-0.4, -0.2) is 78.9 Å². The second-order valence-electron chi connectivity index (χ2n) is 35.7. The Kier molecular flexibility index (Phi) is 40.2. The summed E-state index contributed by atoms with van der Waals surface area (Å²) in [7, 11) is -9.43. The molecule has 0 heterocycles. The molecule has 140 heavy (non-hydrogen) atoms. The summed E-state index contributed by atoms with van der Waals surface area (Å²) >= 11 is 0. The molecule has 0 spiro atoms. The topological polar surface area (TPSA) is 328 Å². The van der Waals surface area contributed by atoms with Crippen molar-refractivity contribution in [3.05, 3.63) is 372 Å². The number of nitrogens with one attached hydrogen (secondary N) is 3. The Labute approximate surface area is 832 Å². The molecule has 12 aromatic carbocycles. The van der Waals surface area contributed by atoms with Crippen LogP contribution in [0.1, 0.15) is 186 Å². The van der Waals surface area contributed by atoms with E-state index in [1.807, 2.05) is 171 Å². The van der Waals surface area contributed by atoms with E-state index in [1.165, 1.54) is 41.5 Å². The molecule has 22 nitrogen and oxygen atoms in total. The number of Topliss-reactive ketones (excluding diaryl/α,β-unsaturated/α-hetero) is 1. The SMILES string of the molecule is CCCCCCCCS(=O)(=O)Cl.CCCCCCCCS(=O)(=O)Nc1cc(N(c2ccc(C)cc2)c2ccc(C)cc2)ccc1C1=C([O-])/C(=C2/C=CC(N(c3ccc(C)cc3)c3ccc(C)cc3)=CC2=[NH+]S(=O)(=O)CCCCCCCC)C1=O.Cc1ccc(N(c2ccc(C)cc2)c2cccc(N)c2)cc1.Cc1ccc(N(c2ccc(C)cc2)c2cccc(NS(C)(=O)=O)c2)cc1.O=c1c(O)c(O)c1=O. The third kappa shape index (κ3) is 32.5. The number of hydrogen-bond acceptors (Lipinski definition) is 19. The molecule has 0 saturated heterocycles. The number of nitrogens with two attached hydrogens (primary N) is 1. The van der Waals surface area contributed by atoms with Crippen LogP contribution in [0.2, 0.25) is 0 Å². The van der Waals surface area contributed by atoms with Gasteiger partial charge < -0.3 is 40.7 Å². The lowest BCUT2D eigenvalue weighted by molar-refractivity contribution is -0.298. The van der Waals surface area contributed by atoms with Crippen molar-refractivity contribution >= 4 is 146 Å². The number of anilines is 14. The highest BCUT2D eigenvalue weighted by Gasteiger charge is 2.38. The number of aromatic hydroxyl groups is 2. The van der Waals surface area contributed by atoms with Gasteiger partial charge in [0, 0.05) is 102 Å². The average molecular weight is 1990 g/mol. The van der Waals surface area contributed by atoms with Crippen molar-refractivity contribution in [2.24, 2.45) is 0 Å². The van der Waals surface area contributed by atoms with Crippen molar-refractivity contribution in [2.75, 3.05) is 58.3 Å². The molecule has 27 heteroatoms. The monoisotopic (exact) mass is 1990 g/mol. The van der Waals surface area contributed by atoms with E-state index >= 15 is 0 Å². The van der Waals surface area contributed by atoms with Crippen LogP contribution in [0.3, 0.4) is 0 Å². The normalized spacial score (nSPS) is 13.2. The van der Waals surface area contributed by atoms with E-state index in [0.29, 0.717) is 36.3 Å². The first kappa shape index (κ1) is 109. The Hall–Kier alpha value is -13.1. The number of sulfonamides is 3. The van der Waals surface area contributed by atoms with E-state index < -0.39 is 73.0 Å². The maximum absolute atomic E-state index is 14.8. The number of halogens is 1. The van der Waals surface area contributed by atoms with Crippen molar-refractivity contribution in [1.82, 2.24) is 0 Å². The van der Waals surface area contributed by atoms with Gasteiger partial charge in [-0.3, -0.25) is 23.8 Å². The number of nitrogens with zero attached hydrogens (tertiary/aromatic N) is 4. The van der Waals surface area contributed by atoms with Crippen LogP contribution in [0, 0.1) is 55.4 Å². The molecule has 12 aromatic rings. The summed E-state index contributed by atoms with van der Waals surface area (Å²) in [5.74, 6) is -3.01. The van der Waals surface area contributed by atoms with Crippen LogP contribution in [0.15, 0.2) is 311 Å². The number of aryl methyl sites for hydroxylation is 8. The van der Waals surface area contributed by atoms with Gasteiger partial charge in [0.25, 0.3) is 10.9 Å². The third-order valence-electron chi connectivity index (χ3n) is 23.5. The Morgan fingerprint density at radius 2 is 0.686 bits per heavy atom. The predicted octanol–water partition coefficient (Wildman–Crippen LogP) is 24.1. The van der Waals surface area contributed by atoms with Gasteiger partial charge in [0.1, 0.15) is 5.75 Å². The van der Waals surface area contributed by atoms with E-state index in [9.17, 15) is 53.2 Å². The van der Waals surface area contributed by atoms with Crippen molar-refractivity contribution in [1.29, 1.82) is 0 Å². The number of benzene rings is 11. The van der Waals surface area contributed by atoms with E-state index in [2.05, 4.69) is 175 Å². The summed E-state index contributed by atoms with van der Waals surface area (Å²) in [6, 6.07) is 86.0. The molecule has 0 atom stereocenters. The van der Waals surface area contributed by atoms with Gasteiger partial charge in [-0.1, -0.05) is 283 Å². The van der Waals surface area contributed by atoms with Crippen molar-refractivity contribution in [3.8, 4) is 11.5 Å². The van der Waals surface area contributed by atoms with Gasteiger partial charge in [0.2, 0.25) is 46.3 Å². The molecule has 738 valence electrons. The number of carbonyl (C=O) groups is 1. The first-order valence-electron chi connectivity index (χ1n) is 47.7. The Bertz CT molecular complexity index is 6700. The molecule has 0 unspecified atom stereocenters. The first-order chi connectivity index (χ1) is 66.7. The maximum Gasteiger partial charge on any atom is 0.363 e. The largest absolute Gasteiger partial charge is 0.871 e. The first-order valence-corrected chi connectivity index (χ1v) is 55.3. The smallest absolute Gasteiger partial charge is 0.363 e. The molecule has 7 N–H and O–H groups in total. The lowest BCUT2D eigenvalue weighted by Gasteiger charge is -2.34. The molecular weight excluding hydrogens is 1860 g/mol. The van der Waals surface area contributed by atoms with Crippen molar-refractivity contribution in [2.45, 2.75) is 192 Å². The van der Waals surface area contributed by atoms with Gasteiger partial charge in [-0.15, -0.1) is 4.40 Å². The van der Waals surface area contributed by atoms with E-state index in [-0.39, 0.29) is 50.9 Å². The molecule has 14 rings (SSSR count). The van der Waals surface area contributed by atoms with Crippen LogP contribution in [0.25, 0.3) is 5.57 Å². The van der Waals surface area contributed by atoms with Gasteiger partial charge in [0.15, 0.2) is 5.78 Å². The highest BCUT2D eigenvalue weighted by atomic mass is 35.7. The second-order valence-corrected chi connectivity index (χ2v) is 44.0. The van der Waals surface area contributed by atoms with E-state index in [0.717, 1.165) is 168 Å². The zero-order chi connectivity index (χ0) is 101. The van der Waals surface area contributed by atoms with Gasteiger partial charge in [0.05, 0.1) is 40.4 Å². The fraction of sp³-hybridized carbons (Fsp3) is 0.292. The Balaban J connectivity index is 0.000000236. The van der Waals surface area contributed by atoms with Gasteiger partial charge in [-0.2, -0.15) is 8.42 Å². The highest BCUT2D eigenvalue weighted by molar-refractivity contribution is 8.13. The zero-order valence-electron chi connectivity index (χ0n) is 82.1. The number of carbonyl (C=O) groups excluding carboxylic acids is 1. The summed E-state index contributed by atoms with van der Waals surface area (Å²) in [4.78, 5) is 43.0. The van der Waals surface area contributed by atoms with Crippen LogP contribution in [0.5, 0.6) is 11.5 Å². The standard InChI is InChI=1S/C60H70N4O6S2.C21H22N2O2S.C20H20N2.C8H17ClO2S.C4H2O4/c1-7-9-11-13-15-17-39-71(67,68)61-55-41-51(63(47-27-19-43(3)20-28-47)48-29-21-44(4)22-30-48)35-37-53(55)57-59(65)58(60(57)66)54-38-36-52(42-56(54)62-72(69,70)40-18-16-14-12-10-8-2)64(49-31-23-45(5)24-32-49)50-33-25-46(6)26-34-50;1-16-7-11-19(12-8-16)23(20-13-9-17(2)10-14-20)21-6-4-5-18(15-21)22-26(3,24)25;1-15-6-10-18(11-7-15)22(19-12-8-16(2)9-13-19)20-5-3-4-17(21)14-20;1-2-3-4-5-6-7-8-12(9,10)11;5-1-2(6)4(8)3(1)7/h19-38,41-42,61,65H,7-18,39-40H2,1-6H3;4-15,22H,1-3H3;3-14H,21H2,1-2H3;2-8H2,1H3;5-6H/b58-54+,62-56?;;;;. The number of ketones is 1. The summed E-state index contributed by atoms with van der Waals surface area (Å²) in [5, 5.41) is 31.2. The van der Waals surface area contributed by atoms with Gasteiger partial charge in [-0.25, -0.2) is 25.3 Å². The zero-order valence-corrected chi connectivity index (χ0v) is 86.1. The average Bonchev–Trinajstić information content (AvgIpc) is 0.726. The molecular formula is C113H131ClN8O14S4. The molecule has 0 radical (unpaired) electrons. The summed E-state index contributed by atoms with van der Waals surface area (Å²) < 4.78 is 108. The minimum Gasteiger partial charge on any atom is -0.871 e. The number of nitrogen functional groups attached to an aromatic ring is 1. The Morgan fingerprint density at radius 3 is 1.03 bits per heavy atom. The lowest BCUT2D eigenvalue weighted by atomic mass is 9.78. The molecule has 2 aliphatic carbocycles. The van der Waals surface area contributed by atoms with Crippen LogP contribution >= 0.6 is 10.7 Å². The van der Waals surface area contributed by atoms with Crippen molar-refractivity contribution < 1.29 is 58.2 Å². The second kappa shape index (κ2) is 51.7. The maximum atomic E-state index is 14.8. The van der Waals surface area contributed by atoms with Crippen LogP contribution in [-0.2, 0) is 43.9 Å². The molecule has 2 aliphatic rings. The lowest BCUT2D eigenvalue weighted by Crippen LogP contribution is -2.77. The number of unbranched alkanes of at least 4 members (excludes halogenated alkanes) is 15. The molecule has 0 aliphatic heterocycles.